The molecule has 1 aromatic rings. The highest BCUT2D eigenvalue weighted by Crippen LogP contribution is 2.43. The molecule has 0 radical (unpaired) electrons. The summed E-state index contributed by atoms with van der Waals surface area (Å²) in [5, 5.41) is 21.7. The third-order valence-corrected chi connectivity index (χ3v) is 3.83. The van der Waals surface area contributed by atoms with Crippen molar-refractivity contribution in [2.24, 2.45) is 5.92 Å². The Balaban J connectivity index is 2.58. The van der Waals surface area contributed by atoms with Gasteiger partial charge in [-0.25, -0.2) is 9.18 Å². The van der Waals surface area contributed by atoms with E-state index in [1.165, 1.54) is 0 Å². The summed E-state index contributed by atoms with van der Waals surface area (Å²) in [5.74, 6) is 2.69. The van der Waals surface area contributed by atoms with E-state index >= 15 is 0 Å². The van der Waals surface area contributed by atoms with Gasteiger partial charge in [-0.1, -0.05) is 11.8 Å². The fourth-order valence-electron chi connectivity index (χ4n) is 2.28. The fraction of sp³-hybridized carbons (Fsp3) is 0.526. The molecule has 1 atom stereocenters. The minimum Gasteiger partial charge on any atom is -0.444 e. The number of carbonyl (C=O) groups is 1. The van der Waals surface area contributed by atoms with Crippen molar-refractivity contribution in [3.63, 3.8) is 0 Å². The average Bonchev–Trinajstić information content (AvgIpc) is 3.35. The number of benzene rings is 1. The molecule has 154 valence electrons. The largest absolute Gasteiger partial charge is 0.444 e. The number of carbonyl (C=O) groups excluding carboxylic acids is 1. The number of nitrogens with one attached hydrogen (secondary N) is 1. The van der Waals surface area contributed by atoms with Crippen molar-refractivity contribution >= 4 is 11.8 Å². The number of aliphatic hydroxyl groups excluding tert-OH is 1. The molecule has 0 heterocycles. The van der Waals surface area contributed by atoms with Crippen molar-refractivity contribution in [1.29, 1.82) is 0 Å². The average molecular weight is 403 g/mol. The predicted octanol–water partition coefficient (Wildman–Crippen LogP) is 3.83. The molecule has 0 aliphatic heterocycles. The lowest BCUT2D eigenvalue weighted by molar-refractivity contribution is -0.240. The number of hydrogen-bond acceptors (Lipinski definition) is 4. The van der Waals surface area contributed by atoms with Gasteiger partial charge < -0.3 is 14.9 Å². The third-order valence-electron chi connectivity index (χ3n) is 3.83. The third kappa shape index (κ3) is 5.14. The van der Waals surface area contributed by atoms with Crippen LogP contribution in [0.1, 0.15) is 44.7 Å². The van der Waals surface area contributed by atoms with Crippen LogP contribution in [0.3, 0.4) is 0 Å². The van der Waals surface area contributed by atoms with Crippen molar-refractivity contribution in [2.75, 3.05) is 5.32 Å². The van der Waals surface area contributed by atoms with Gasteiger partial charge in [0.1, 0.15) is 11.4 Å². The zero-order valence-corrected chi connectivity index (χ0v) is 15.6. The molecule has 1 aliphatic carbocycles. The van der Waals surface area contributed by atoms with E-state index in [1.54, 1.807) is 26.7 Å². The molecule has 1 aromatic carbocycles. The summed E-state index contributed by atoms with van der Waals surface area (Å²) in [4.78, 5) is 12.0. The lowest BCUT2D eigenvalue weighted by Crippen LogP contribution is -2.42. The van der Waals surface area contributed by atoms with Gasteiger partial charge in [0.05, 0.1) is 12.3 Å². The fourth-order valence-corrected chi connectivity index (χ4v) is 2.28. The number of amides is 1. The lowest BCUT2D eigenvalue weighted by Gasteiger charge is -2.29. The number of anilines is 1. The predicted molar refractivity (Wildman–Crippen MR) is 92.6 cm³/mol. The molecule has 0 saturated heterocycles. The summed E-state index contributed by atoms with van der Waals surface area (Å²) in [5.41, 5.74) is -6.59. The molecule has 1 fully saturated rings. The van der Waals surface area contributed by atoms with Gasteiger partial charge in [0.2, 0.25) is 5.60 Å². The van der Waals surface area contributed by atoms with Crippen LogP contribution in [0.25, 0.3) is 0 Å². The molecule has 28 heavy (non-hydrogen) atoms. The minimum absolute atomic E-state index is 0.266. The number of aliphatic hydroxyl groups is 2. The second kappa shape index (κ2) is 7.60. The van der Waals surface area contributed by atoms with Gasteiger partial charge in [0.25, 0.3) is 0 Å². The second-order valence-corrected chi connectivity index (χ2v) is 7.53. The van der Waals surface area contributed by atoms with Gasteiger partial charge in [-0.05, 0) is 45.7 Å². The van der Waals surface area contributed by atoms with Crippen molar-refractivity contribution in [1.82, 2.24) is 0 Å². The van der Waals surface area contributed by atoms with Crippen molar-refractivity contribution in [3.05, 3.63) is 29.1 Å². The number of ether oxygens (including phenoxy) is 1. The Morgan fingerprint density at radius 2 is 1.89 bits per heavy atom. The minimum atomic E-state index is -5.27. The van der Waals surface area contributed by atoms with Crippen LogP contribution < -0.4 is 5.32 Å². The molecule has 1 aliphatic rings. The van der Waals surface area contributed by atoms with Crippen LogP contribution in [0, 0.1) is 23.6 Å². The number of alkyl halides is 3. The number of rotatable bonds is 3. The monoisotopic (exact) mass is 403 g/mol. The van der Waals surface area contributed by atoms with Gasteiger partial charge in [0, 0.05) is 17.0 Å². The Bertz CT molecular complexity index is 816. The molecular formula is C19H21F4NO4. The quantitative estimate of drug-likeness (QED) is 0.530. The zero-order valence-electron chi connectivity index (χ0n) is 15.6. The summed E-state index contributed by atoms with van der Waals surface area (Å²) in [6.45, 7) is 3.81. The first-order valence-corrected chi connectivity index (χ1v) is 8.52. The molecular weight excluding hydrogens is 382 g/mol. The van der Waals surface area contributed by atoms with Crippen molar-refractivity contribution < 1.29 is 37.3 Å². The molecule has 1 saturated carbocycles. The van der Waals surface area contributed by atoms with Crippen LogP contribution in [0.2, 0.25) is 0 Å². The standard InChI is InChI=1S/C19H21F4NO4/c1-17(2,3)28-16(26)24-15-8-12(10-25)14(20)9-13(15)18(27,19(21,22)23)7-6-11-4-5-11/h8-9,11,25,27H,4-5,10H2,1-3H3,(H,24,26). The smallest absolute Gasteiger partial charge is 0.433 e. The Morgan fingerprint density at radius 1 is 1.29 bits per heavy atom. The van der Waals surface area contributed by atoms with Crippen molar-refractivity contribution in [3.8, 4) is 11.8 Å². The van der Waals surface area contributed by atoms with E-state index < -0.39 is 47.1 Å². The Kier molecular flexibility index (Phi) is 5.97. The highest BCUT2D eigenvalue weighted by molar-refractivity contribution is 5.86. The second-order valence-electron chi connectivity index (χ2n) is 7.53. The van der Waals surface area contributed by atoms with E-state index in [1.807, 2.05) is 0 Å². The molecule has 0 aromatic heterocycles. The van der Waals surface area contributed by atoms with E-state index in [-0.39, 0.29) is 11.5 Å². The van der Waals surface area contributed by atoms with Crippen LogP contribution >= 0.6 is 0 Å². The van der Waals surface area contributed by atoms with Crippen LogP contribution in [-0.4, -0.2) is 28.1 Å². The maximum absolute atomic E-state index is 14.1. The maximum atomic E-state index is 14.1. The van der Waals surface area contributed by atoms with Gasteiger partial charge in [-0.2, -0.15) is 13.2 Å². The maximum Gasteiger partial charge on any atom is 0.433 e. The highest BCUT2D eigenvalue weighted by atomic mass is 19.4. The van der Waals surface area contributed by atoms with E-state index in [2.05, 4.69) is 11.2 Å². The first kappa shape index (κ1) is 22.0. The Labute approximate surface area is 159 Å². The number of hydrogen-bond donors (Lipinski definition) is 3. The molecule has 0 spiro atoms. The summed E-state index contributed by atoms with van der Waals surface area (Å²) < 4.78 is 60.2. The van der Waals surface area contributed by atoms with E-state index in [9.17, 15) is 32.6 Å². The van der Waals surface area contributed by atoms with Gasteiger partial charge in [0.15, 0.2) is 0 Å². The van der Waals surface area contributed by atoms with Crippen LogP contribution in [-0.2, 0) is 16.9 Å². The summed E-state index contributed by atoms with van der Waals surface area (Å²) >= 11 is 0. The number of halogens is 4. The normalized spacial score (nSPS) is 16.6. The van der Waals surface area contributed by atoms with Crippen LogP contribution in [0.5, 0.6) is 0 Å². The topological polar surface area (TPSA) is 78.8 Å². The first-order chi connectivity index (χ1) is 12.8. The summed E-state index contributed by atoms with van der Waals surface area (Å²) in [6, 6.07) is 1.22. The molecule has 0 bridgehead atoms. The Hall–Kier alpha value is -2.31. The van der Waals surface area contributed by atoms with Crippen molar-refractivity contribution in [2.45, 2.75) is 57.6 Å². The van der Waals surface area contributed by atoms with Crippen LogP contribution in [0.4, 0.5) is 28.0 Å². The summed E-state index contributed by atoms with van der Waals surface area (Å²) in [7, 11) is 0. The SMILES string of the molecule is CC(C)(C)OC(=O)Nc1cc(CO)c(F)cc1C(O)(C#CC1CC1)C(F)(F)F. The highest BCUT2D eigenvalue weighted by Gasteiger charge is 2.56. The molecule has 2 rings (SSSR count). The first-order valence-electron chi connectivity index (χ1n) is 8.52. The van der Waals surface area contributed by atoms with E-state index in [0.717, 1.165) is 6.07 Å². The van der Waals surface area contributed by atoms with E-state index in [4.69, 9.17) is 4.74 Å². The summed E-state index contributed by atoms with van der Waals surface area (Å²) in [6.07, 6.45) is -5.15. The Morgan fingerprint density at radius 3 is 2.36 bits per heavy atom. The molecule has 9 heteroatoms. The van der Waals surface area contributed by atoms with E-state index in [0.29, 0.717) is 18.9 Å². The van der Waals surface area contributed by atoms with Gasteiger partial charge in [-0.15, -0.1) is 0 Å². The van der Waals surface area contributed by atoms with Gasteiger partial charge >= 0.3 is 12.3 Å². The van der Waals surface area contributed by atoms with Gasteiger partial charge in [-0.3, -0.25) is 5.32 Å². The lowest BCUT2D eigenvalue weighted by atomic mass is 9.90. The molecule has 5 nitrogen and oxygen atoms in total. The molecule has 3 N–H and O–H groups in total. The zero-order chi connectivity index (χ0) is 21.3. The molecule has 1 amide bonds. The molecule has 1 unspecified atom stereocenters. The van der Waals surface area contributed by atoms with Crippen LogP contribution in [0.15, 0.2) is 12.1 Å².